The van der Waals surface area contributed by atoms with E-state index in [0.717, 1.165) is 25.9 Å². The lowest BCUT2D eigenvalue weighted by atomic mass is 9.84. The van der Waals surface area contributed by atoms with Crippen molar-refractivity contribution in [2.45, 2.75) is 39.2 Å². The van der Waals surface area contributed by atoms with E-state index in [9.17, 15) is 4.79 Å². The Morgan fingerprint density at radius 1 is 1.42 bits per heavy atom. The minimum absolute atomic E-state index is 0.348. The van der Waals surface area contributed by atoms with Gasteiger partial charge in [-0.25, -0.2) is 4.79 Å². The van der Waals surface area contributed by atoms with Crippen LogP contribution in [0.25, 0.3) is 0 Å². The Morgan fingerprint density at radius 3 is 2.47 bits per heavy atom. The van der Waals surface area contributed by atoms with Crippen molar-refractivity contribution in [2.75, 3.05) is 33.2 Å². The summed E-state index contributed by atoms with van der Waals surface area (Å²) in [5.41, 5.74) is 5.40. The van der Waals surface area contributed by atoms with E-state index in [-0.39, 0.29) is 6.09 Å². The SMILES string of the molecule is CN1CCC(C(CN)CNC(=O)OC(C)(C)C)CC1. The molecular weight excluding hydrogens is 242 g/mol. The highest BCUT2D eigenvalue weighted by molar-refractivity contribution is 5.67. The maximum atomic E-state index is 11.6. The molecule has 0 aromatic rings. The molecule has 1 aliphatic heterocycles. The minimum Gasteiger partial charge on any atom is -0.444 e. The first-order valence-corrected chi connectivity index (χ1v) is 7.17. The summed E-state index contributed by atoms with van der Waals surface area (Å²) in [6, 6.07) is 0. The van der Waals surface area contributed by atoms with Crippen molar-refractivity contribution in [3.8, 4) is 0 Å². The molecule has 1 unspecified atom stereocenters. The highest BCUT2D eigenvalue weighted by atomic mass is 16.6. The summed E-state index contributed by atoms with van der Waals surface area (Å²) in [6.45, 7) is 9.06. The molecule has 0 bridgehead atoms. The molecule has 1 saturated heterocycles. The van der Waals surface area contributed by atoms with Gasteiger partial charge in [-0.05, 0) is 72.1 Å². The van der Waals surface area contributed by atoms with Gasteiger partial charge in [0.15, 0.2) is 0 Å². The predicted octanol–water partition coefficient (Wildman–Crippen LogP) is 1.43. The molecule has 112 valence electrons. The molecule has 1 amide bonds. The van der Waals surface area contributed by atoms with Gasteiger partial charge in [-0.2, -0.15) is 0 Å². The van der Waals surface area contributed by atoms with Crippen molar-refractivity contribution >= 4 is 6.09 Å². The monoisotopic (exact) mass is 271 g/mol. The molecule has 5 nitrogen and oxygen atoms in total. The maximum absolute atomic E-state index is 11.6. The second-order valence-corrected chi connectivity index (χ2v) is 6.52. The minimum atomic E-state index is -0.449. The lowest BCUT2D eigenvalue weighted by Gasteiger charge is -2.34. The third kappa shape index (κ3) is 6.25. The fourth-order valence-corrected chi connectivity index (χ4v) is 2.47. The van der Waals surface area contributed by atoms with Crippen LogP contribution in [0.15, 0.2) is 0 Å². The predicted molar refractivity (Wildman–Crippen MR) is 77.0 cm³/mol. The Balaban J connectivity index is 2.34. The quantitative estimate of drug-likeness (QED) is 0.811. The number of nitrogens with one attached hydrogen (secondary N) is 1. The maximum Gasteiger partial charge on any atom is 0.407 e. The van der Waals surface area contributed by atoms with Gasteiger partial charge in [0.25, 0.3) is 0 Å². The second-order valence-electron chi connectivity index (χ2n) is 6.52. The van der Waals surface area contributed by atoms with Crippen LogP contribution in [0.1, 0.15) is 33.6 Å². The summed E-state index contributed by atoms with van der Waals surface area (Å²) in [5, 5.41) is 2.84. The Kier molecular flexibility index (Phi) is 6.07. The van der Waals surface area contributed by atoms with Crippen molar-refractivity contribution in [3.05, 3.63) is 0 Å². The number of likely N-dealkylation sites (tertiary alicyclic amines) is 1. The van der Waals surface area contributed by atoms with Gasteiger partial charge in [-0.15, -0.1) is 0 Å². The number of ether oxygens (including phenoxy) is 1. The molecule has 0 spiro atoms. The molecule has 0 radical (unpaired) electrons. The van der Waals surface area contributed by atoms with Crippen molar-refractivity contribution in [1.29, 1.82) is 0 Å². The number of carbonyl (C=O) groups is 1. The Hall–Kier alpha value is -0.810. The highest BCUT2D eigenvalue weighted by Gasteiger charge is 2.25. The molecule has 3 N–H and O–H groups in total. The number of nitrogens with two attached hydrogens (primary N) is 1. The fourth-order valence-electron chi connectivity index (χ4n) is 2.47. The Bertz CT molecular complexity index is 281. The number of alkyl carbamates (subject to hydrolysis) is 1. The van der Waals surface area contributed by atoms with Crippen LogP contribution in [-0.2, 0) is 4.74 Å². The van der Waals surface area contributed by atoms with Crippen LogP contribution in [0.3, 0.4) is 0 Å². The average molecular weight is 271 g/mol. The first-order valence-electron chi connectivity index (χ1n) is 7.17. The molecule has 1 rings (SSSR count). The van der Waals surface area contributed by atoms with E-state index in [0.29, 0.717) is 24.9 Å². The zero-order valence-corrected chi connectivity index (χ0v) is 12.7. The van der Waals surface area contributed by atoms with Crippen molar-refractivity contribution in [1.82, 2.24) is 10.2 Å². The standard InChI is InChI=1S/C14H29N3O2/c1-14(2,3)19-13(18)16-10-12(9-15)11-5-7-17(4)8-6-11/h11-12H,5-10,15H2,1-4H3,(H,16,18). The zero-order valence-electron chi connectivity index (χ0n) is 12.7. The van der Waals surface area contributed by atoms with E-state index in [2.05, 4.69) is 17.3 Å². The summed E-state index contributed by atoms with van der Waals surface area (Å²) < 4.78 is 5.24. The fraction of sp³-hybridized carbons (Fsp3) is 0.929. The number of hydrogen-bond donors (Lipinski definition) is 2. The van der Waals surface area contributed by atoms with Crippen LogP contribution >= 0.6 is 0 Å². The van der Waals surface area contributed by atoms with Gasteiger partial charge in [0.05, 0.1) is 0 Å². The highest BCUT2D eigenvalue weighted by Crippen LogP contribution is 2.23. The van der Waals surface area contributed by atoms with Gasteiger partial charge in [-0.1, -0.05) is 0 Å². The Labute approximate surface area is 116 Å². The summed E-state index contributed by atoms with van der Waals surface area (Å²) in [4.78, 5) is 14.0. The molecule has 1 fully saturated rings. The van der Waals surface area contributed by atoms with Gasteiger partial charge in [0, 0.05) is 6.54 Å². The number of nitrogens with zero attached hydrogens (tertiary/aromatic N) is 1. The molecule has 0 saturated carbocycles. The molecule has 0 aromatic heterocycles. The van der Waals surface area contributed by atoms with Crippen molar-refractivity contribution < 1.29 is 9.53 Å². The molecule has 5 heteroatoms. The first kappa shape index (κ1) is 16.2. The molecule has 1 heterocycles. The molecule has 19 heavy (non-hydrogen) atoms. The Morgan fingerprint density at radius 2 is 2.00 bits per heavy atom. The van der Waals surface area contributed by atoms with E-state index in [1.165, 1.54) is 0 Å². The van der Waals surface area contributed by atoms with Gasteiger partial charge in [0.2, 0.25) is 0 Å². The molecule has 0 aliphatic carbocycles. The number of rotatable bonds is 4. The molecular formula is C14H29N3O2. The van der Waals surface area contributed by atoms with Crippen LogP contribution in [0.5, 0.6) is 0 Å². The van der Waals surface area contributed by atoms with E-state index in [4.69, 9.17) is 10.5 Å². The lowest BCUT2D eigenvalue weighted by Crippen LogP contribution is -2.42. The van der Waals surface area contributed by atoms with Crippen LogP contribution in [0.4, 0.5) is 4.79 Å². The lowest BCUT2D eigenvalue weighted by molar-refractivity contribution is 0.0508. The van der Waals surface area contributed by atoms with Gasteiger partial charge >= 0.3 is 6.09 Å². The molecule has 0 aromatic carbocycles. The topological polar surface area (TPSA) is 67.6 Å². The third-order valence-electron chi connectivity index (χ3n) is 3.64. The van der Waals surface area contributed by atoms with Gasteiger partial charge < -0.3 is 20.7 Å². The van der Waals surface area contributed by atoms with Crippen molar-refractivity contribution in [2.24, 2.45) is 17.6 Å². The average Bonchev–Trinajstić information content (AvgIpc) is 2.29. The number of amides is 1. The van der Waals surface area contributed by atoms with E-state index in [1.807, 2.05) is 20.8 Å². The number of piperidine rings is 1. The van der Waals surface area contributed by atoms with E-state index in [1.54, 1.807) is 0 Å². The van der Waals surface area contributed by atoms with Gasteiger partial charge in [-0.3, -0.25) is 0 Å². The summed E-state index contributed by atoms with van der Waals surface area (Å²) in [6.07, 6.45) is 1.97. The number of hydrogen-bond acceptors (Lipinski definition) is 4. The van der Waals surface area contributed by atoms with Crippen LogP contribution < -0.4 is 11.1 Å². The summed E-state index contributed by atoms with van der Waals surface area (Å²) in [5.74, 6) is 0.956. The van der Waals surface area contributed by atoms with E-state index >= 15 is 0 Å². The van der Waals surface area contributed by atoms with Crippen molar-refractivity contribution in [3.63, 3.8) is 0 Å². The number of carbonyl (C=O) groups excluding carboxylic acids is 1. The zero-order chi connectivity index (χ0) is 14.5. The van der Waals surface area contributed by atoms with Crippen LogP contribution in [0, 0.1) is 11.8 Å². The third-order valence-corrected chi connectivity index (χ3v) is 3.64. The van der Waals surface area contributed by atoms with E-state index < -0.39 is 5.60 Å². The van der Waals surface area contributed by atoms with Gasteiger partial charge in [0.1, 0.15) is 5.60 Å². The smallest absolute Gasteiger partial charge is 0.407 e. The molecule has 1 aliphatic rings. The van der Waals surface area contributed by atoms with Crippen LogP contribution in [0.2, 0.25) is 0 Å². The largest absolute Gasteiger partial charge is 0.444 e. The second kappa shape index (κ2) is 7.10. The summed E-state index contributed by atoms with van der Waals surface area (Å²) >= 11 is 0. The van der Waals surface area contributed by atoms with Crippen LogP contribution in [-0.4, -0.2) is 49.8 Å². The molecule has 1 atom stereocenters. The first-order chi connectivity index (χ1) is 8.81. The summed E-state index contributed by atoms with van der Waals surface area (Å²) in [7, 11) is 2.15. The normalized spacial score (nSPS) is 20.1.